The molecule has 0 aromatic carbocycles. The molecule has 0 radical (unpaired) electrons. The van der Waals surface area contributed by atoms with Crippen molar-refractivity contribution in [2.24, 2.45) is 0 Å². The fraction of sp³-hybridized carbons (Fsp3) is 1.00. The van der Waals surface area contributed by atoms with Crippen LogP contribution in [0, 0.1) is 0 Å². The van der Waals surface area contributed by atoms with Gasteiger partial charge in [-0.25, -0.2) is 13.1 Å². The molecule has 1 aliphatic rings. The van der Waals surface area contributed by atoms with E-state index in [0.29, 0.717) is 0 Å². The molecule has 1 heterocycles. The molecule has 1 unspecified atom stereocenters. The molecule has 0 spiro atoms. The van der Waals surface area contributed by atoms with Gasteiger partial charge in [0.1, 0.15) is 0 Å². The summed E-state index contributed by atoms with van der Waals surface area (Å²) < 4.78 is 24.6. The Labute approximate surface area is 92.5 Å². The van der Waals surface area contributed by atoms with Crippen LogP contribution in [0.1, 0.15) is 6.92 Å². The second-order valence-electron chi connectivity index (χ2n) is 4.39. The molecule has 0 aromatic heterocycles. The van der Waals surface area contributed by atoms with Gasteiger partial charge in [-0.1, -0.05) is 0 Å². The lowest BCUT2D eigenvalue weighted by molar-refractivity contribution is 0.147. The number of rotatable bonds is 4. The van der Waals surface area contributed by atoms with Crippen LogP contribution in [0.3, 0.4) is 0 Å². The zero-order valence-corrected chi connectivity index (χ0v) is 10.5. The van der Waals surface area contributed by atoms with Gasteiger partial charge in [0.25, 0.3) is 0 Å². The van der Waals surface area contributed by atoms with Crippen LogP contribution in [0.25, 0.3) is 0 Å². The molecule has 1 N–H and O–H groups in total. The Morgan fingerprint density at radius 1 is 1.27 bits per heavy atom. The molecular formula is C9H21N3O2S. The van der Waals surface area contributed by atoms with Gasteiger partial charge in [-0.05, 0) is 14.0 Å². The Morgan fingerprint density at radius 2 is 1.80 bits per heavy atom. The van der Waals surface area contributed by atoms with Gasteiger partial charge in [0.2, 0.25) is 10.0 Å². The van der Waals surface area contributed by atoms with Crippen molar-refractivity contribution < 1.29 is 8.42 Å². The molecule has 90 valence electrons. The lowest BCUT2D eigenvalue weighted by atomic mass is 10.3. The Bertz CT molecular complexity index is 284. The van der Waals surface area contributed by atoms with Crippen molar-refractivity contribution in [1.29, 1.82) is 0 Å². The molecule has 0 aromatic rings. The van der Waals surface area contributed by atoms with Gasteiger partial charge in [-0.3, -0.25) is 4.90 Å². The zero-order valence-electron chi connectivity index (χ0n) is 9.73. The zero-order chi connectivity index (χ0) is 11.5. The Kier molecular flexibility index (Phi) is 4.51. The molecule has 0 aliphatic carbocycles. The normalized spacial score (nSPS) is 22.9. The summed E-state index contributed by atoms with van der Waals surface area (Å²) in [7, 11) is -0.965. The molecule has 0 saturated carbocycles. The van der Waals surface area contributed by atoms with E-state index >= 15 is 0 Å². The quantitative estimate of drug-likeness (QED) is 0.691. The standard InChI is InChI=1S/C9H21N3O2S/c1-9(10-15(3,13)14)8-12-6-4-11(2)5-7-12/h9-10H,4-8H2,1-3H3. The summed E-state index contributed by atoms with van der Waals surface area (Å²) >= 11 is 0. The first kappa shape index (κ1) is 12.9. The van der Waals surface area contributed by atoms with Crippen molar-refractivity contribution in [3.8, 4) is 0 Å². The van der Waals surface area contributed by atoms with Crippen LogP contribution in [-0.4, -0.2) is 70.3 Å². The number of piperazine rings is 1. The molecule has 6 heteroatoms. The van der Waals surface area contributed by atoms with E-state index in [1.165, 1.54) is 6.26 Å². The maximum absolute atomic E-state index is 11.0. The largest absolute Gasteiger partial charge is 0.304 e. The third-order valence-corrected chi connectivity index (χ3v) is 3.37. The van der Waals surface area contributed by atoms with Gasteiger partial charge in [0.15, 0.2) is 0 Å². The molecule has 15 heavy (non-hydrogen) atoms. The smallest absolute Gasteiger partial charge is 0.208 e. The fourth-order valence-electron chi connectivity index (χ4n) is 1.82. The molecule has 1 saturated heterocycles. The third-order valence-electron chi connectivity index (χ3n) is 2.54. The van der Waals surface area contributed by atoms with Crippen LogP contribution in [-0.2, 0) is 10.0 Å². The SMILES string of the molecule is CC(CN1CCN(C)CC1)NS(C)(=O)=O. The minimum absolute atomic E-state index is 0.0107. The van der Waals surface area contributed by atoms with Crippen LogP contribution in [0.15, 0.2) is 0 Å². The predicted molar refractivity (Wildman–Crippen MR) is 61.4 cm³/mol. The van der Waals surface area contributed by atoms with E-state index in [2.05, 4.69) is 21.6 Å². The second-order valence-corrected chi connectivity index (χ2v) is 6.17. The minimum atomic E-state index is -3.07. The van der Waals surface area contributed by atoms with E-state index < -0.39 is 10.0 Å². The molecule has 5 nitrogen and oxygen atoms in total. The summed E-state index contributed by atoms with van der Waals surface area (Å²) in [6.45, 7) is 6.86. The van der Waals surface area contributed by atoms with Crippen LogP contribution >= 0.6 is 0 Å². The highest BCUT2D eigenvalue weighted by atomic mass is 32.2. The summed E-state index contributed by atoms with van der Waals surface area (Å²) in [4.78, 5) is 4.58. The molecule has 1 fully saturated rings. The monoisotopic (exact) mass is 235 g/mol. The van der Waals surface area contributed by atoms with Crippen molar-refractivity contribution in [1.82, 2.24) is 14.5 Å². The van der Waals surface area contributed by atoms with E-state index in [0.717, 1.165) is 32.7 Å². The van der Waals surface area contributed by atoms with Crippen molar-refractivity contribution in [3.63, 3.8) is 0 Å². The summed E-state index contributed by atoms with van der Waals surface area (Å²) in [5, 5.41) is 0. The van der Waals surface area contributed by atoms with Crippen LogP contribution in [0.4, 0.5) is 0 Å². The van der Waals surface area contributed by atoms with Crippen molar-refractivity contribution in [2.45, 2.75) is 13.0 Å². The highest BCUT2D eigenvalue weighted by Crippen LogP contribution is 2.00. The molecular weight excluding hydrogens is 214 g/mol. The molecule has 1 aliphatic heterocycles. The maximum Gasteiger partial charge on any atom is 0.208 e. The highest BCUT2D eigenvalue weighted by molar-refractivity contribution is 7.88. The topological polar surface area (TPSA) is 52.6 Å². The number of hydrogen-bond acceptors (Lipinski definition) is 4. The van der Waals surface area contributed by atoms with E-state index in [9.17, 15) is 8.42 Å². The predicted octanol–water partition coefficient (Wildman–Crippen LogP) is -0.828. The molecule has 1 atom stereocenters. The van der Waals surface area contributed by atoms with Crippen LogP contribution in [0.5, 0.6) is 0 Å². The summed E-state index contributed by atoms with van der Waals surface area (Å²) in [5.74, 6) is 0. The van der Waals surface area contributed by atoms with Crippen molar-refractivity contribution >= 4 is 10.0 Å². The Hall–Kier alpha value is -0.170. The molecule has 0 bridgehead atoms. The first-order valence-corrected chi connectivity index (χ1v) is 7.14. The molecule has 1 rings (SSSR count). The number of nitrogens with zero attached hydrogens (tertiary/aromatic N) is 2. The Balaban J connectivity index is 2.29. The fourth-order valence-corrected chi connectivity index (χ4v) is 2.63. The number of nitrogens with one attached hydrogen (secondary N) is 1. The molecule has 0 amide bonds. The Morgan fingerprint density at radius 3 is 2.27 bits per heavy atom. The summed E-state index contributed by atoms with van der Waals surface area (Å²) in [5.41, 5.74) is 0. The van der Waals surface area contributed by atoms with Gasteiger partial charge >= 0.3 is 0 Å². The number of sulfonamides is 1. The average Bonchev–Trinajstić information content (AvgIpc) is 2.05. The van der Waals surface area contributed by atoms with Crippen LogP contribution < -0.4 is 4.72 Å². The maximum atomic E-state index is 11.0. The lowest BCUT2D eigenvalue weighted by Crippen LogP contribution is -2.49. The van der Waals surface area contributed by atoms with E-state index in [1.54, 1.807) is 0 Å². The van der Waals surface area contributed by atoms with Crippen LogP contribution in [0.2, 0.25) is 0 Å². The van der Waals surface area contributed by atoms with Crippen molar-refractivity contribution in [3.05, 3.63) is 0 Å². The second kappa shape index (κ2) is 5.25. The van der Waals surface area contributed by atoms with Gasteiger partial charge in [-0.15, -0.1) is 0 Å². The first-order valence-electron chi connectivity index (χ1n) is 5.25. The summed E-state index contributed by atoms with van der Waals surface area (Å²) in [6.07, 6.45) is 1.20. The number of likely N-dealkylation sites (N-methyl/N-ethyl adjacent to an activating group) is 1. The van der Waals surface area contributed by atoms with E-state index in [-0.39, 0.29) is 6.04 Å². The van der Waals surface area contributed by atoms with Gasteiger partial charge in [0.05, 0.1) is 6.26 Å². The van der Waals surface area contributed by atoms with Gasteiger partial charge < -0.3 is 4.90 Å². The minimum Gasteiger partial charge on any atom is -0.304 e. The average molecular weight is 235 g/mol. The van der Waals surface area contributed by atoms with E-state index in [4.69, 9.17) is 0 Å². The lowest BCUT2D eigenvalue weighted by Gasteiger charge is -2.33. The van der Waals surface area contributed by atoms with Gasteiger partial charge in [-0.2, -0.15) is 0 Å². The van der Waals surface area contributed by atoms with Crippen molar-refractivity contribution in [2.75, 3.05) is 46.0 Å². The first-order chi connectivity index (χ1) is 6.87. The van der Waals surface area contributed by atoms with E-state index in [1.807, 2.05) is 6.92 Å². The third kappa shape index (κ3) is 5.46. The summed E-state index contributed by atoms with van der Waals surface area (Å²) in [6, 6.07) is -0.0107. The highest BCUT2D eigenvalue weighted by Gasteiger charge is 2.17. The number of hydrogen-bond donors (Lipinski definition) is 1. The van der Waals surface area contributed by atoms with Gasteiger partial charge in [0, 0.05) is 38.8 Å².